The van der Waals surface area contributed by atoms with E-state index in [1.807, 2.05) is 6.92 Å². The summed E-state index contributed by atoms with van der Waals surface area (Å²) in [6, 6.07) is 0. The van der Waals surface area contributed by atoms with Crippen LogP contribution in [-0.2, 0) is 14.2 Å². The van der Waals surface area contributed by atoms with Gasteiger partial charge in [0.25, 0.3) is 0 Å². The number of hydrogen-bond donors (Lipinski definition) is 7. The molecule has 248 valence electrons. The van der Waals surface area contributed by atoms with Gasteiger partial charge in [-0.05, 0) is 97.7 Å². The van der Waals surface area contributed by atoms with E-state index in [1.165, 1.54) is 6.42 Å². The smallest absolute Gasteiger partial charge is 0.186 e. The molecule has 4 saturated carbocycles. The average Bonchev–Trinajstić information content (AvgIpc) is 3.40. The number of fused-ring (bicyclic) bond motifs is 7. The third kappa shape index (κ3) is 5.24. The molecule has 6 rings (SSSR count). The predicted molar refractivity (Wildman–Crippen MR) is 155 cm³/mol. The molecule has 0 amide bonds. The van der Waals surface area contributed by atoms with Crippen molar-refractivity contribution in [3.05, 3.63) is 0 Å². The van der Waals surface area contributed by atoms with Crippen LogP contribution in [0, 0.1) is 52.3 Å². The summed E-state index contributed by atoms with van der Waals surface area (Å²) in [6.45, 7) is 8.67. The Morgan fingerprint density at radius 1 is 0.907 bits per heavy atom. The summed E-state index contributed by atoms with van der Waals surface area (Å²) in [7, 11) is 0. The Balaban J connectivity index is 1.06. The summed E-state index contributed by atoms with van der Waals surface area (Å²) in [6.07, 6.45) is 0.335. The highest BCUT2D eigenvalue weighted by atomic mass is 16.7. The molecule has 43 heavy (non-hydrogen) atoms. The molecule has 0 radical (unpaired) electrons. The van der Waals surface area contributed by atoms with Crippen LogP contribution in [0.15, 0.2) is 0 Å². The normalized spacial score (nSPS) is 57.0. The maximum absolute atomic E-state index is 11.8. The molecule has 2 aliphatic heterocycles. The second-order valence-electron chi connectivity index (χ2n) is 16.0. The average molecular weight is 613 g/mol. The van der Waals surface area contributed by atoms with Gasteiger partial charge >= 0.3 is 0 Å². The summed E-state index contributed by atoms with van der Waals surface area (Å²) in [5, 5.41) is 72.5. The van der Waals surface area contributed by atoms with E-state index in [1.54, 1.807) is 0 Å². The van der Waals surface area contributed by atoms with Gasteiger partial charge in [-0.1, -0.05) is 27.7 Å². The van der Waals surface area contributed by atoms with Crippen molar-refractivity contribution in [2.24, 2.45) is 52.3 Å². The predicted octanol–water partition coefficient (Wildman–Crippen LogP) is 1.54. The molecule has 0 bridgehead atoms. The molecule has 10 nitrogen and oxygen atoms in total. The van der Waals surface area contributed by atoms with Gasteiger partial charge in [0, 0.05) is 12.3 Å². The Morgan fingerprint density at radius 2 is 1.65 bits per heavy atom. The lowest BCUT2D eigenvalue weighted by Gasteiger charge is -2.61. The number of aliphatic hydroxyl groups excluding tert-OH is 6. The standard InChI is InChI=1S/C33H56O10/c1-16(15-41-30-29(39)28(38)27(37)25(14-34)42-30)7-10-33(40)17(2)26-24(43-33)12-21-19-6-5-18-11-22(35)23(36)13-32(18,4)20(19)8-9-31(21,26)3/h16-30,34-40H,5-15H2,1-4H3/t16-,17+,18-,19-,20+,21-,22+,23+,24+,25-,26+,27-,28+,29-,30-,31+,32+,33+/m1/s1. The van der Waals surface area contributed by atoms with E-state index in [2.05, 4.69) is 20.8 Å². The number of ether oxygens (including phenoxy) is 3. The lowest BCUT2D eigenvalue weighted by molar-refractivity contribution is -0.303. The molecule has 6 aliphatic rings. The van der Waals surface area contributed by atoms with Crippen molar-refractivity contribution < 1.29 is 50.0 Å². The summed E-state index contributed by atoms with van der Waals surface area (Å²) in [5.74, 6) is 1.23. The topological polar surface area (TPSA) is 169 Å². The summed E-state index contributed by atoms with van der Waals surface area (Å²) in [4.78, 5) is 0. The lowest BCUT2D eigenvalue weighted by atomic mass is 9.44. The Morgan fingerprint density at radius 3 is 2.37 bits per heavy atom. The second kappa shape index (κ2) is 11.7. The molecule has 10 heteroatoms. The quantitative estimate of drug-likeness (QED) is 0.224. The van der Waals surface area contributed by atoms with Crippen LogP contribution in [0.3, 0.4) is 0 Å². The monoisotopic (exact) mass is 612 g/mol. The minimum atomic E-state index is -1.47. The van der Waals surface area contributed by atoms with E-state index in [9.17, 15) is 35.7 Å². The van der Waals surface area contributed by atoms with Gasteiger partial charge in [0.05, 0.1) is 31.5 Å². The molecule has 0 spiro atoms. The molecule has 0 aromatic heterocycles. The van der Waals surface area contributed by atoms with Crippen LogP contribution >= 0.6 is 0 Å². The molecule has 2 heterocycles. The zero-order chi connectivity index (χ0) is 31.1. The molecule has 0 unspecified atom stereocenters. The molecule has 7 N–H and O–H groups in total. The van der Waals surface area contributed by atoms with Gasteiger partial charge in [-0.25, -0.2) is 0 Å². The Kier molecular flexibility index (Phi) is 8.84. The molecule has 6 fully saturated rings. The van der Waals surface area contributed by atoms with Gasteiger partial charge < -0.3 is 50.0 Å². The zero-order valence-electron chi connectivity index (χ0n) is 26.3. The van der Waals surface area contributed by atoms with Crippen molar-refractivity contribution in [2.45, 2.75) is 140 Å². The highest BCUT2D eigenvalue weighted by molar-refractivity contribution is 5.15. The lowest BCUT2D eigenvalue weighted by Crippen LogP contribution is -2.59. The fraction of sp³-hybridized carbons (Fsp3) is 1.00. The maximum atomic E-state index is 11.8. The van der Waals surface area contributed by atoms with Gasteiger partial charge in [0.1, 0.15) is 24.4 Å². The van der Waals surface area contributed by atoms with Gasteiger partial charge in [-0.2, -0.15) is 0 Å². The van der Waals surface area contributed by atoms with Crippen LogP contribution in [0.1, 0.15) is 85.5 Å². The van der Waals surface area contributed by atoms with E-state index >= 15 is 0 Å². The molecule has 4 aliphatic carbocycles. The first-order valence-corrected chi connectivity index (χ1v) is 16.9. The van der Waals surface area contributed by atoms with Gasteiger partial charge in [-0.15, -0.1) is 0 Å². The molecule has 2 saturated heterocycles. The highest BCUT2D eigenvalue weighted by Gasteiger charge is 2.68. The van der Waals surface area contributed by atoms with Crippen LogP contribution in [-0.4, -0.2) is 104 Å². The van der Waals surface area contributed by atoms with Crippen molar-refractivity contribution in [3.8, 4) is 0 Å². The summed E-state index contributed by atoms with van der Waals surface area (Å²) >= 11 is 0. The first kappa shape index (κ1) is 32.5. The number of hydrogen-bond acceptors (Lipinski definition) is 10. The fourth-order valence-electron chi connectivity index (χ4n) is 11.3. The van der Waals surface area contributed by atoms with Crippen LogP contribution in [0.5, 0.6) is 0 Å². The van der Waals surface area contributed by atoms with E-state index in [0.717, 1.165) is 25.7 Å². The Labute approximate surface area is 255 Å². The Hall–Kier alpha value is -0.400. The van der Waals surface area contributed by atoms with Crippen molar-refractivity contribution in [1.29, 1.82) is 0 Å². The first-order chi connectivity index (χ1) is 20.2. The zero-order valence-corrected chi connectivity index (χ0v) is 26.3. The molecular formula is C33H56O10. The van der Waals surface area contributed by atoms with E-state index in [-0.39, 0.29) is 41.3 Å². The van der Waals surface area contributed by atoms with Gasteiger partial charge in [-0.3, -0.25) is 0 Å². The Bertz CT molecular complexity index is 997. The second-order valence-corrected chi connectivity index (χ2v) is 16.0. The first-order valence-electron chi connectivity index (χ1n) is 16.9. The van der Waals surface area contributed by atoms with Crippen LogP contribution in [0.2, 0.25) is 0 Å². The minimum absolute atomic E-state index is 0.00620. The third-order valence-corrected chi connectivity index (χ3v) is 13.8. The van der Waals surface area contributed by atoms with Gasteiger partial charge in [0.15, 0.2) is 12.1 Å². The van der Waals surface area contributed by atoms with Crippen LogP contribution in [0.25, 0.3) is 0 Å². The van der Waals surface area contributed by atoms with Crippen molar-refractivity contribution in [3.63, 3.8) is 0 Å². The molecular weight excluding hydrogens is 556 g/mol. The van der Waals surface area contributed by atoms with Crippen molar-refractivity contribution >= 4 is 0 Å². The van der Waals surface area contributed by atoms with Crippen molar-refractivity contribution in [1.82, 2.24) is 0 Å². The number of rotatable bonds is 7. The van der Waals surface area contributed by atoms with E-state index in [4.69, 9.17) is 14.2 Å². The van der Waals surface area contributed by atoms with E-state index < -0.39 is 55.3 Å². The third-order valence-electron chi connectivity index (χ3n) is 13.8. The molecule has 0 aromatic rings. The highest BCUT2D eigenvalue weighted by Crippen LogP contribution is 2.70. The van der Waals surface area contributed by atoms with E-state index in [0.29, 0.717) is 49.4 Å². The molecule has 18 atom stereocenters. The molecule has 0 aromatic carbocycles. The SMILES string of the molecule is C[C@H](CC[C@]1(O)O[C@H]2C[C@@H]3[C@@H]4CC[C@@H]5C[C@H](O)[C@@H](O)C[C@]5(C)[C@H]4CC[C@]3(C)[C@H]2[C@@H]1C)CO[C@@H]1O[C@H](CO)[C@@H](O)[C@H](O)[C@H]1O. The number of aliphatic hydroxyl groups is 7. The maximum Gasteiger partial charge on any atom is 0.186 e. The summed E-state index contributed by atoms with van der Waals surface area (Å²) < 4.78 is 17.8. The minimum Gasteiger partial charge on any atom is -0.394 e. The van der Waals surface area contributed by atoms with Crippen LogP contribution < -0.4 is 0 Å². The fourth-order valence-corrected chi connectivity index (χ4v) is 11.3. The van der Waals surface area contributed by atoms with Crippen molar-refractivity contribution in [2.75, 3.05) is 13.2 Å². The van der Waals surface area contributed by atoms with Gasteiger partial charge in [0.2, 0.25) is 0 Å². The largest absolute Gasteiger partial charge is 0.394 e. The van der Waals surface area contributed by atoms with Crippen LogP contribution in [0.4, 0.5) is 0 Å². The summed E-state index contributed by atoms with van der Waals surface area (Å²) in [5.41, 5.74) is 0.172.